The molecule has 1 rings (SSSR count). The molecule has 0 aromatic carbocycles. The van der Waals surface area contributed by atoms with Gasteiger partial charge in [0, 0.05) is 0 Å². The average Bonchev–Trinajstić information content (AvgIpc) is 1.79. The Hall–Kier alpha value is -0.0800. The zero-order chi connectivity index (χ0) is 5.98. The molecule has 1 saturated heterocycles. The van der Waals surface area contributed by atoms with Crippen LogP contribution >= 0.6 is 0 Å². The molecule has 2 unspecified atom stereocenters. The summed E-state index contributed by atoms with van der Waals surface area (Å²) in [6.45, 7) is 2.64. The molecule has 1 aliphatic heterocycles. The fourth-order valence-corrected chi connectivity index (χ4v) is 0.879. The first-order chi connectivity index (χ1) is 3.84. The minimum atomic E-state index is -0.171. The summed E-state index contributed by atoms with van der Waals surface area (Å²) in [5, 5.41) is 8.91. The van der Waals surface area contributed by atoms with Crippen molar-refractivity contribution >= 4 is 0 Å². The molecule has 2 nitrogen and oxygen atoms in total. The largest absolute Gasteiger partial charge is 0.388 e. The Labute approximate surface area is 49.5 Å². The molecule has 0 bridgehead atoms. The van der Waals surface area contributed by atoms with Crippen molar-refractivity contribution in [1.82, 2.24) is 0 Å². The SMILES string of the molecule is CCCC1OCC1O. The Morgan fingerprint density at radius 3 is 2.62 bits per heavy atom. The second kappa shape index (κ2) is 2.46. The smallest absolute Gasteiger partial charge is 0.103 e. The van der Waals surface area contributed by atoms with E-state index >= 15 is 0 Å². The van der Waals surface area contributed by atoms with Gasteiger partial charge in [-0.1, -0.05) is 13.3 Å². The quantitative estimate of drug-likeness (QED) is 0.570. The van der Waals surface area contributed by atoms with Crippen LogP contribution in [0.5, 0.6) is 0 Å². The maximum atomic E-state index is 8.91. The summed E-state index contributed by atoms with van der Waals surface area (Å²) in [5.74, 6) is 0. The molecule has 1 N–H and O–H groups in total. The molecule has 48 valence electrons. The van der Waals surface area contributed by atoms with Gasteiger partial charge in [-0.15, -0.1) is 0 Å². The van der Waals surface area contributed by atoms with Crippen molar-refractivity contribution in [2.45, 2.75) is 32.0 Å². The Kier molecular flexibility index (Phi) is 1.86. The second-order valence-corrected chi connectivity index (χ2v) is 2.23. The summed E-state index contributed by atoms with van der Waals surface area (Å²) < 4.78 is 5.03. The fraction of sp³-hybridized carbons (Fsp3) is 1.00. The standard InChI is InChI=1S/C6H12O2/c1-2-3-6-5(7)4-8-6/h5-7H,2-4H2,1H3. The van der Waals surface area contributed by atoms with Crippen LogP contribution in [0.25, 0.3) is 0 Å². The van der Waals surface area contributed by atoms with Gasteiger partial charge in [0.1, 0.15) is 6.10 Å². The number of rotatable bonds is 2. The fourth-order valence-electron chi connectivity index (χ4n) is 0.879. The maximum Gasteiger partial charge on any atom is 0.103 e. The number of aliphatic hydroxyl groups is 1. The lowest BCUT2D eigenvalue weighted by Gasteiger charge is -2.32. The molecule has 0 amide bonds. The van der Waals surface area contributed by atoms with Gasteiger partial charge in [0.2, 0.25) is 0 Å². The van der Waals surface area contributed by atoms with Gasteiger partial charge in [-0.2, -0.15) is 0 Å². The topological polar surface area (TPSA) is 29.5 Å². The van der Waals surface area contributed by atoms with Crippen LogP contribution in [-0.4, -0.2) is 23.9 Å². The Morgan fingerprint density at radius 2 is 2.50 bits per heavy atom. The van der Waals surface area contributed by atoms with E-state index in [9.17, 15) is 0 Å². The zero-order valence-corrected chi connectivity index (χ0v) is 5.13. The van der Waals surface area contributed by atoms with Gasteiger partial charge in [-0.05, 0) is 6.42 Å². The summed E-state index contributed by atoms with van der Waals surface area (Å²) in [7, 11) is 0. The van der Waals surface area contributed by atoms with Gasteiger partial charge in [0.25, 0.3) is 0 Å². The van der Waals surface area contributed by atoms with E-state index < -0.39 is 0 Å². The molecule has 0 radical (unpaired) electrons. The summed E-state index contributed by atoms with van der Waals surface area (Å²) in [5.41, 5.74) is 0. The van der Waals surface area contributed by atoms with Crippen LogP contribution in [0.3, 0.4) is 0 Å². The highest BCUT2D eigenvalue weighted by Gasteiger charge is 2.28. The predicted octanol–water partition coefficient (Wildman–Crippen LogP) is 0.546. The van der Waals surface area contributed by atoms with Gasteiger partial charge >= 0.3 is 0 Å². The van der Waals surface area contributed by atoms with E-state index in [0.717, 1.165) is 12.8 Å². The van der Waals surface area contributed by atoms with E-state index in [1.807, 2.05) is 0 Å². The first-order valence-corrected chi connectivity index (χ1v) is 3.14. The third-order valence-corrected chi connectivity index (χ3v) is 1.48. The van der Waals surface area contributed by atoms with Crippen LogP contribution in [0.15, 0.2) is 0 Å². The van der Waals surface area contributed by atoms with Crippen molar-refractivity contribution in [1.29, 1.82) is 0 Å². The summed E-state index contributed by atoms with van der Waals surface area (Å²) in [6.07, 6.45) is 2.08. The Morgan fingerprint density at radius 1 is 1.75 bits per heavy atom. The zero-order valence-electron chi connectivity index (χ0n) is 5.13. The van der Waals surface area contributed by atoms with Crippen molar-refractivity contribution in [3.05, 3.63) is 0 Å². The summed E-state index contributed by atoms with van der Waals surface area (Å²) in [4.78, 5) is 0. The minimum absolute atomic E-state index is 0.153. The number of hydrogen-bond donors (Lipinski definition) is 1. The van der Waals surface area contributed by atoms with Crippen LogP contribution < -0.4 is 0 Å². The van der Waals surface area contributed by atoms with Gasteiger partial charge in [0.15, 0.2) is 0 Å². The highest BCUT2D eigenvalue weighted by Crippen LogP contribution is 2.16. The van der Waals surface area contributed by atoms with Crippen LogP contribution in [0.1, 0.15) is 19.8 Å². The van der Waals surface area contributed by atoms with Gasteiger partial charge in [-0.25, -0.2) is 0 Å². The maximum absolute atomic E-state index is 8.91. The Balaban J connectivity index is 2.08. The van der Waals surface area contributed by atoms with E-state index in [1.165, 1.54) is 0 Å². The van der Waals surface area contributed by atoms with E-state index in [-0.39, 0.29) is 12.2 Å². The summed E-state index contributed by atoms with van der Waals surface area (Å²) >= 11 is 0. The monoisotopic (exact) mass is 116 g/mol. The lowest BCUT2D eigenvalue weighted by molar-refractivity contribution is -0.164. The van der Waals surface area contributed by atoms with E-state index in [4.69, 9.17) is 9.84 Å². The third-order valence-electron chi connectivity index (χ3n) is 1.48. The van der Waals surface area contributed by atoms with E-state index in [1.54, 1.807) is 0 Å². The van der Waals surface area contributed by atoms with Crippen LogP contribution in [0.4, 0.5) is 0 Å². The van der Waals surface area contributed by atoms with Crippen LogP contribution in [-0.2, 0) is 4.74 Å². The number of ether oxygens (including phenoxy) is 1. The second-order valence-electron chi connectivity index (χ2n) is 2.23. The molecule has 1 fully saturated rings. The lowest BCUT2D eigenvalue weighted by atomic mass is 10.1. The van der Waals surface area contributed by atoms with E-state index in [2.05, 4.69) is 6.92 Å². The Bertz CT molecular complexity index is 72.9. The number of aliphatic hydroxyl groups excluding tert-OH is 1. The highest BCUT2D eigenvalue weighted by molar-refractivity contribution is 4.76. The molecule has 0 aliphatic carbocycles. The van der Waals surface area contributed by atoms with Crippen molar-refractivity contribution < 1.29 is 9.84 Å². The number of hydrogen-bond acceptors (Lipinski definition) is 2. The van der Waals surface area contributed by atoms with E-state index in [0.29, 0.717) is 6.61 Å². The molecule has 0 saturated carbocycles. The molecule has 0 aromatic rings. The molecular formula is C6H12O2. The van der Waals surface area contributed by atoms with Gasteiger partial charge in [0.05, 0.1) is 12.7 Å². The molecule has 2 atom stereocenters. The molecule has 1 heterocycles. The van der Waals surface area contributed by atoms with Crippen LogP contribution in [0.2, 0.25) is 0 Å². The molecular weight excluding hydrogens is 104 g/mol. The first-order valence-electron chi connectivity index (χ1n) is 3.14. The molecule has 2 heteroatoms. The van der Waals surface area contributed by atoms with Crippen LogP contribution in [0, 0.1) is 0 Å². The molecule has 8 heavy (non-hydrogen) atoms. The predicted molar refractivity (Wildman–Crippen MR) is 30.7 cm³/mol. The van der Waals surface area contributed by atoms with Crippen molar-refractivity contribution in [2.75, 3.05) is 6.61 Å². The summed E-state index contributed by atoms with van der Waals surface area (Å²) in [6, 6.07) is 0. The highest BCUT2D eigenvalue weighted by atomic mass is 16.5. The van der Waals surface area contributed by atoms with Crippen molar-refractivity contribution in [3.8, 4) is 0 Å². The van der Waals surface area contributed by atoms with Gasteiger partial charge in [-0.3, -0.25) is 0 Å². The molecule has 0 aromatic heterocycles. The minimum Gasteiger partial charge on any atom is -0.388 e. The normalized spacial score (nSPS) is 36.8. The first kappa shape index (κ1) is 6.05. The van der Waals surface area contributed by atoms with Crippen molar-refractivity contribution in [2.24, 2.45) is 0 Å². The third kappa shape index (κ3) is 1.01. The average molecular weight is 116 g/mol. The van der Waals surface area contributed by atoms with Crippen molar-refractivity contribution in [3.63, 3.8) is 0 Å². The molecule has 1 aliphatic rings. The lowest BCUT2D eigenvalue weighted by Crippen LogP contribution is -2.44. The molecule has 0 spiro atoms. The van der Waals surface area contributed by atoms with Gasteiger partial charge < -0.3 is 9.84 Å².